The smallest absolute Gasteiger partial charge is 0.322 e. The van der Waals surface area contributed by atoms with Crippen LogP contribution in [-0.4, -0.2) is 46.8 Å². The van der Waals surface area contributed by atoms with Gasteiger partial charge in [0.05, 0.1) is 5.69 Å². The Morgan fingerprint density at radius 1 is 0.914 bits per heavy atom. The van der Waals surface area contributed by atoms with Crippen LogP contribution < -0.4 is 10.2 Å². The number of carbonyl (C=O) groups is 1. The van der Waals surface area contributed by atoms with Crippen molar-refractivity contribution in [3.8, 4) is 11.3 Å². The van der Waals surface area contributed by atoms with Crippen LogP contribution in [0.15, 0.2) is 66.7 Å². The highest BCUT2D eigenvalue weighted by atomic mass is 19.1. The van der Waals surface area contributed by atoms with Gasteiger partial charge in [0.1, 0.15) is 23.1 Å². The summed E-state index contributed by atoms with van der Waals surface area (Å²) < 4.78 is 40.5. The third-order valence-corrected chi connectivity index (χ3v) is 6.15. The Labute approximate surface area is 200 Å². The summed E-state index contributed by atoms with van der Waals surface area (Å²) in [6.45, 7) is 3.27. The van der Waals surface area contributed by atoms with Gasteiger partial charge in [-0.1, -0.05) is 24.3 Å². The molecule has 6 nitrogen and oxygen atoms in total. The summed E-state index contributed by atoms with van der Waals surface area (Å²) in [5, 5.41) is 13.3. The molecule has 1 aliphatic heterocycles. The summed E-state index contributed by atoms with van der Waals surface area (Å²) in [4.78, 5) is 16.5. The second kappa shape index (κ2) is 9.25. The van der Waals surface area contributed by atoms with E-state index < -0.39 is 17.7 Å². The molecule has 4 aromatic rings. The van der Waals surface area contributed by atoms with Crippen LogP contribution in [-0.2, 0) is 0 Å². The number of aromatic nitrogens is 2. The molecule has 1 saturated heterocycles. The number of hydrogen-bond acceptors (Lipinski definition) is 4. The van der Waals surface area contributed by atoms with Crippen molar-refractivity contribution in [2.75, 3.05) is 29.9 Å². The van der Waals surface area contributed by atoms with Gasteiger partial charge in [0.15, 0.2) is 5.82 Å². The van der Waals surface area contributed by atoms with Crippen molar-refractivity contribution in [2.45, 2.75) is 13.0 Å². The van der Waals surface area contributed by atoms with Crippen LogP contribution in [0.4, 0.5) is 29.5 Å². The molecule has 0 saturated carbocycles. The molecule has 2 heterocycles. The van der Waals surface area contributed by atoms with Crippen LogP contribution in [0, 0.1) is 17.5 Å². The number of urea groups is 1. The molecule has 0 bridgehead atoms. The van der Waals surface area contributed by atoms with E-state index in [2.05, 4.69) is 20.4 Å². The Kier molecular flexibility index (Phi) is 5.98. The van der Waals surface area contributed by atoms with Crippen molar-refractivity contribution < 1.29 is 18.0 Å². The second-order valence-corrected chi connectivity index (χ2v) is 8.47. The average molecular weight is 477 g/mol. The standard InChI is InChI=1S/C26H22F3N5O/c1-16-15-33(12-13-34(16)26(35)30-23-11-10-19(28)14-22(23)29)25-21-5-3-2-4-20(21)24(31-32-25)17-6-8-18(27)9-7-17/h2-11,14,16H,12-13,15H2,1H3,(H,30,35). The molecule has 1 atom stereocenters. The molecular formula is C26H22F3N5O. The van der Waals surface area contributed by atoms with E-state index in [9.17, 15) is 18.0 Å². The van der Waals surface area contributed by atoms with E-state index in [0.29, 0.717) is 31.1 Å². The van der Waals surface area contributed by atoms with Crippen LogP contribution in [0.25, 0.3) is 22.0 Å². The molecule has 0 radical (unpaired) electrons. The Bertz CT molecular complexity index is 1400. The highest BCUT2D eigenvalue weighted by molar-refractivity contribution is 6.00. The second-order valence-electron chi connectivity index (χ2n) is 8.47. The van der Waals surface area contributed by atoms with Crippen LogP contribution >= 0.6 is 0 Å². The highest BCUT2D eigenvalue weighted by Crippen LogP contribution is 2.32. The fourth-order valence-corrected chi connectivity index (χ4v) is 4.37. The number of carbonyl (C=O) groups excluding carboxylic acids is 1. The van der Waals surface area contributed by atoms with Crippen LogP contribution in [0.5, 0.6) is 0 Å². The normalized spacial score (nSPS) is 15.9. The number of hydrogen-bond donors (Lipinski definition) is 1. The van der Waals surface area contributed by atoms with E-state index >= 15 is 0 Å². The number of anilines is 2. The van der Waals surface area contributed by atoms with Crippen molar-refractivity contribution in [3.05, 3.63) is 84.2 Å². The molecule has 5 rings (SSSR count). The molecule has 2 amide bonds. The minimum absolute atomic E-state index is 0.0701. The number of nitrogens with zero attached hydrogens (tertiary/aromatic N) is 4. The van der Waals surface area contributed by atoms with Gasteiger partial charge >= 0.3 is 6.03 Å². The lowest BCUT2D eigenvalue weighted by molar-refractivity contribution is 0.184. The van der Waals surface area contributed by atoms with Gasteiger partial charge in [-0.05, 0) is 43.3 Å². The Hall–Kier alpha value is -4.14. The van der Waals surface area contributed by atoms with Gasteiger partial charge in [0, 0.05) is 48.1 Å². The number of piperazine rings is 1. The van der Waals surface area contributed by atoms with Crippen molar-refractivity contribution >= 4 is 28.3 Å². The number of benzene rings is 3. The number of fused-ring (bicyclic) bond motifs is 1. The van der Waals surface area contributed by atoms with Crippen molar-refractivity contribution in [1.29, 1.82) is 0 Å². The minimum Gasteiger partial charge on any atom is -0.351 e. The zero-order valence-corrected chi connectivity index (χ0v) is 18.9. The molecule has 0 spiro atoms. The largest absolute Gasteiger partial charge is 0.351 e. The van der Waals surface area contributed by atoms with E-state index in [1.807, 2.05) is 31.2 Å². The third kappa shape index (κ3) is 4.49. The Morgan fingerprint density at radius 3 is 2.34 bits per heavy atom. The number of rotatable bonds is 3. The molecule has 1 N–H and O–H groups in total. The summed E-state index contributed by atoms with van der Waals surface area (Å²) in [5.41, 5.74) is 1.36. The fourth-order valence-electron chi connectivity index (χ4n) is 4.37. The maximum absolute atomic E-state index is 14.0. The van der Waals surface area contributed by atoms with Gasteiger partial charge in [-0.3, -0.25) is 0 Å². The maximum atomic E-state index is 14.0. The lowest BCUT2D eigenvalue weighted by atomic mass is 10.0. The van der Waals surface area contributed by atoms with E-state index in [4.69, 9.17) is 0 Å². The third-order valence-electron chi connectivity index (χ3n) is 6.15. The topological polar surface area (TPSA) is 61.4 Å². The van der Waals surface area contributed by atoms with E-state index in [1.165, 1.54) is 18.2 Å². The predicted octanol–water partition coefficient (Wildman–Crippen LogP) is 5.46. The summed E-state index contributed by atoms with van der Waals surface area (Å²) in [5.74, 6) is -1.16. The molecule has 1 unspecified atom stereocenters. The van der Waals surface area contributed by atoms with Crippen molar-refractivity contribution in [3.63, 3.8) is 0 Å². The van der Waals surface area contributed by atoms with Crippen LogP contribution in [0.3, 0.4) is 0 Å². The molecule has 9 heteroatoms. The first kappa shape index (κ1) is 22.6. The monoisotopic (exact) mass is 477 g/mol. The van der Waals surface area contributed by atoms with Gasteiger partial charge in [0.2, 0.25) is 0 Å². The first-order valence-corrected chi connectivity index (χ1v) is 11.2. The zero-order valence-electron chi connectivity index (χ0n) is 18.9. The molecule has 178 valence electrons. The summed E-state index contributed by atoms with van der Waals surface area (Å²) in [6, 6.07) is 16.3. The molecule has 3 aromatic carbocycles. The predicted molar refractivity (Wildman–Crippen MR) is 129 cm³/mol. The maximum Gasteiger partial charge on any atom is 0.322 e. The van der Waals surface area contributed by atoms with Crippen molar-refractivity contribution in [2.24, 2.45) is 0 Å². The summed E-state index contributed by atoms with van der Waals surface area (Å²) in [7, 11) is 0. The minimum atomic E-state index is -0.826. The molecule has 0 aliphatic carbocycles. The van der Waals surface area contributed by atoms with Gasteiger partial charge < -0.3 is 15.1 Å². The van der Waals surface area contributed by atoms with Gasteiger partial charge in [-0.2, -0.15) is 0 Å². The Morgan fingerprint density at radius 2 is 1.63 bits per heavy atom. The number of nitrogens with one attached hydrogen (secondary N) is 1. The molecule has 1 aromatic heterocycles. The van der Waals surface area contributed by atoms with Crippen LogP contribution in [0.1, 0.15) is 6.92 Å². The van der Waals surface area contributed by atoms with Gasteiger partial charge in [-0.15, -0.1) is 10.2 Å². The van der Waals surface area contributed by atoms with Crippen LogP contribution in [0.2, 0.25) is 0 Å². The first-order chi connectivity index (χ1) is 16.9. The summed E-state index contributed by atoms with van der Waals surface area (Å²) in [6.07, 6.45) is 0. The number of halogens is 3. The quantitative estimate of drug-likeness (QED) is 0.426. The SMILES string of the molecule is CC1CN(c2nnc(-c3ccc(F)cc3)c3ccccc23)CCN1C(=O)Nc1ccc(F)cc1F. The molecule has 1 aliphatic rings. The van der Waals surface area contributed by atoms with E-state index in [0.717, 1.165) is 28.5 Å². The van der Waals surface area contributed by atoms with Gasteiger partial charge in [0.25, 0.3) is 0 Å². The van der Waals surface area contributed by atoms with Gasteiger partial charge in [-0.25, -0.2) is 18.0 Å². The lowest BCUT2D eigenvalue weighted by Gasteiger charge is -2.40. The fraction of sp³-hybridized carbons (Fsp3) is 0.192. The molecule has 1 fully saturated rings. The highest BCUT2D eigenvalue weighted by Gasteiger charge is 2.30. The first-order valence-electron chi connectivity index (χ1n) is 11.2. The number of amides is 2. The van der Waals surface area contributed by atoms with E-state index in [-0.39, 0.29) is 17.5 Å². The zero-order chi connectivity index (χ0) is 24.5. The van der Waals surface area contributed by atoms with E-state index in [1.54, 1.807) is 17.0 Å². The summed E-state index contributed by atoms with van der Waals surface area (Å²) >= 11 is 0. The molecule has 35 heavy (non-hydrogen) atoms. The average Bonchev–Trinajstić information content (AvgIpc) is 2.85. The van der Waals surface area contributed by atoms with Crippen molar-refractivity contribution in [1.82, 2.24) is 15.1 Å². The Balaban J connectivity index is 1.37. The lowest BCUT2D eigenvalue weighted by Crippen LogP contribution is -2.55. The molecular weight excluding hydrogens is 455 g/mol.